The molecule has 2 aliphatic carbocycles. The van der Waals surface area contributed by atoms with Gasteiger partial charge in [0.15, 0.2) is 17.7 Å². The Morgan fingerprint density at radius 2 is 2.21 bits per heavy atom. The number of carbonyl (C=O) groups excluding carboxylic acids is 1. The van der Waals surface area contributed by atoms with Crippen LogP contribution in [0.5, 0.6) is 0 Å². The summed E-state index contributed by atoms with van der Waals surface area (Å²) in [6, 6.07) is 0. The van der Waals surface area contributed by atoms with E-state index < -0.39 is 34.8 Å². The van der Waals surface area contributed by atoms with Gasteiger partial charge < -0.3 is 19.3 Å². The molecule has 19 heavy (non-hydrogen) atoms. The molecule has 5 heteroatoms. The van der Waals surface area contributed by atoms with Crippen molar-refractivity contribution in [2.24, 2.45) is 5.41 Å². The Morgan fingerprint density at radius 3 is 3.05 bits per heavy atom. The number of rotatable bonds is 0. The van der Waals surface area contributed by atoms with E-state index in [1.165, 1.54) is 0 Å². The van der Waals surface area contributed by atoms with E-state index in [1.807, 2.05) is 6.92 Å². The SMILES string of the molecule is CC12CCCC13OC1C4(C=CC(=O)CC4OC12O)O3. The van der Waals surface area contributed by atoms with Crippen molar-refractivity contribution in [3.8, 4) is 0 Å². The largest absolute Gasteiger partial charge is 0.363 e. The number of fused-ring (bicyclic) bond motifs is 1. The maximum absolute atomic E-state index is 11.6. The zero-order valence-electron chi connectivity index (χ0n) is 10.7. The fourth-order valence-electron chi connectivity index (χ4n) is 4.91. The molecule has 1 N–H and O–H groups in total. The van der Waals surface area contributed by atoms with Crippen molar-refractivity contribution in [3.63, 3.8) is 0 Å². The summed E-state index contributed by atoms with van der Waals surface area (Å²) in [6.07, 6.45) is 5.16. The maximum Gasteiger partial charge on any atom is 0.206 e. The predicted molar refractivity (Wildman–Crippen MR) is 62.0 cm³/mol. The molecule has 6 atom stereocenters. The minimum Gasteiger partial charge on any atom is -0.363 e. The third-order valence-electron chi connectivity index (χ3n) is 5.97. The van der Waals surface area contributed by atoms with Gasteiger partial charge in [0.25, 0.3) is 0 Å². The van der Waals surface area contributed by atoms with Crippen LogP contribution in [0.3, 0.4) is 0 Å². The summed E-state index contributed by atoms with van der Waals surface area (Å²) < 4.78 is 18.4. The van der Waals surface area contributed by atoms with Gasteiger partial charge in [0.1, 0.15) is 11.7 Å². The number of ether oxygens (including phenoxy) is 3. The third-order valence-corrected chi connectivity index (χ3v) is 5.97. The fourth-order valence-corrected chi connectivity index (χ4v) is 4.91. The molecule has 5 nitrogen and oxygen atoms in total. The lowest BCUT2D eigenvalue weighted by molar-refractivity contribution is -0.277. The van der Waals surface area contributed by atoms with Crippen molar-refractivity contribution in [1.82, 2.24) is 0 Å². The Morgan fingerprint density at radius 1 is 1.37 bits per heavy atom. The van der Waals surface area contributed by atoms with E-state index in [-0.39, 0.29) is 12.2 Å². The van der Waals surface area contributed by atoms with Gasteiger partial charge >= 0.3 is 0 Å². The molecular weight excluding hydrogens is 248 g/mol. The van der Waals surface area contributed by atoms with Gasteiger partial charge in [-0.05, 0) is 31.9 Å². The molecule has 3 saturated heterocycles. The van der Waals surface area contributed by atoms with Crippen molar-refractivity contribution in [2.75, 3.05) is 0 Å². The zero-order valence-corrected chi connectivity index (χ0v) is 10.7. The quantitative estimate of drug-likeness (QED) is 0.696. The van der Waals surface area contributed by atoms with Crippen molar-refractivity contribution < 1.29 is 24.1 Å². The van der Waals surface area contributed by atoms with Gasteiger partial charge in [0.2, 0.25) is 5.79 Å². The summed E-state index contributed by atoms with van der Waals surface area (Å²) in [4.78, 5) is 11.6. The average molecular weight is 264 g/mol. The summed E-state index contributed by atoms with van der Waals surface area (Å²) in [6.45, 7) is 1.98. The number of hydrogen-bond acceptors (Lipinski definition) is 5. The van der Waals surface area contributed by atoms with Gasteiger partial charge in [0.05, 0.1) is 5.41 Å². The van der Waals surface area contributed by atoms with E-state index in [2.05, 4.69) is 0 Å². The fraction of sp³-hybridized carbons (Fsp3) is 0.786. The summed E-state index contributed by atoms with van der Waals surface area (Å²) >= 11 is 0. The van der Waals surface area contributed by atoms with E-state index >= 15 is 0 Å². The van der Waals surface area contributed by atoms with Gasteiger partial charge in [-0.2, -0.15) is 0 Å². The van der Waals surface area contributed by atoms with Gasteiger partial charge in [-0.25, -0.2) is 0 Å². The van der Waals surface area contributed by atoms with Crippen LogP contribution in [0.15, 0.2) is 12.2 Å². The molecule has 0 amide bonds. The van der Waals surface area contributed by atoms with Crippen LogP contribution in [-0.4, -0.2) is 40.3 Å². The molecule has 3 aliphatic heterocycles. The van der Waals surface area contributed by atoms with Crippen LogP contribution in [0.25, 0.3) is 0 Å². The highest BCUT2D eigenvalue weighted by molar-refractivity contribution is 5.91. The van der Waals surface area contributed by atoms with Crippen LogP contribution >= 0.6 is 0 Å². The lowest BCUT2D eigenvalue weighted by Gasteiger charge is -2.45. The second kappa shape index (κ2) is 2.68. The second-order valence-corrected chi connectivity index (χ2v) is 6.70. The van der Waals surface area contributed by atoms with E-state index in [1.54, 1.807) is 12.2 Å². The highest BCUT2D eigenvalue weighted by atomic mass is 16.8. The molecule has 3 heterocycles. The normalized spacial score (nSPS) is 64.6. The Labute approximate surface area is 110 Å². The van der Waals surface area contributed by atoms with Crippen molar-refractivity contribution in [3.05, 3.63) is 12.2 Å². The number of carbonyl (C=O) groups is 1. The average Bonchev–Trinajstić information content (AvgIpc) is 2.96. The Hall–Kier alpha value is -0.750. The van der Waals surface area contributed by atoms with E-state index in [4.69, 9.17) is 14.2 Å². The molecule has 0 radical (unpaired) electrons. The lowest BCUT2D eigenvalue weighted by atomic mass is 9.70. The summed E-state index contributed by atoms with van der Waals surface area (Å²) in [7, 11) is 0. The van der Waals surface area contributed by atoms with Gasteiger partial charge in [-0.1, -0.05) is 0 Å². The van der Waals surface area contributed by atoms with Crippen LogP contribution < -0.4 is 0 Å². The first-order chi connectivity index (χ1) is 8.96. The lowest BCUT2D eigenvalue weighted by Crippen LogP contribution is -2.61. The third kappa shape index (κ3) is 0.837. The van der Waals surface area contributed by atoms with E-state index in [0.717, 1.165) is 19.3 Å². The van der Waals surface area contributed by atoms with Crippen LogP contribution in [-0.2, 0) is 19.0 Å². The molecule has 2 bridgehead atoms. The Bertz CT molecular complexity index is 544. The molecule has 5 aliphatic rings. The maximum atomic E-state index is 11.6. The molecule has 102 valence electrons. The molecule has 1 saturated carbocycles. The van der Waals surface area contributed by atoms with E-state index in [0.29, 0.717) is 0 Å². The number of hydrogen-bond donors (Lipinski definition) is 1. The first-order valence-corrected chi connectivity index (χ1v) is 6.96. The van der Waals surface area contributed by atoms with Gasteiger partial charge in [0, 0.05) is 12.8 Å². The second-order valence-electron chi connectivity index (χ2n) is 6.70. The molecule has 0 aromatic carbocycles. The molecule has 6 unspecified atom stereocenters. The van der Waals surface area contributed by atoms with Crippen LogP contribution in [0.1, 0.15) is 32.6 Å². The first-order valence-electron chi connectivity index (χ1n) is 6.96. The van der Waals surface area contributed by atoms with Crippen molar-refractivity contribution in [2.45, 2.75) is 62.0 Å². The molecular formula is C14H16O5. The highest BCUT2D eigenvalue weighted by Gasteiger charge is 2.89. The predicted octanol–water partition coefficient (Wildman–Crippen LogP) is 0.657. The van der Waals surface area contributed by atoms with Crippen LogP contribution in [0.2, 0.25) is 0 Å². The molecule has 5 rings (SSSR count). The monoisotopic (exact) mass is 264 g/mol. The highest BCUT2D eigenvalue weighted by Crippen LogP contribution is 2.74. The number of allylic oxidation sites excluding steroid dienone is 1. The van der Waals surface area contributed by atoms with Crippen molar-refractivity contribution in [1.29, 1.82) is 0 Å². The van der Waals surface area contributed by atoms with E-state index in [9.17, 15) is 9.90 Å². The van der Waals surface area contributed by atoms with Crippen LogP contribution in [0.4, 0.5) is 0 Å². The summed E-state index contributed by atoms with van der Waals surface area (Å²) in [5.41, 5.74) is -1.31. The molecule has 0 aromatic rings. The standard InChI is InChI=1S/C14H16O5/c1-11-4-2-5-13(11)18-10-12(19-13)6-3-8(15)7-9(12)17-14(10,11)16/h3,6,9-10,16H,2,4-5,7H2,1H3. The topological polar surface area (TPSA) is 65.0 Å². The Kier molecular flexibility index (Phi) is 1.55. The summed E-state index contributed by atoms with van der Waals surface area (Å²) in [5.74, 6) is -2.06. The first kappa shape index (κ1) is 11.0. The zero-order chi connectivity index (χ0) is 13.1. The van der Waals surface area contributed by atoms with Gasteiger partial charge in [-0.3, -0.25) is 4.79 Å². The molecule has 0 aromatic heterocycles. The smallest absolute Gasteiger partial charge is 0.206 e. The minimum absolute atomic E-state index is 0.0142. The molecule has 2 spiro atoms. The number of ketones is 1. The molecule has 4 fully saturated rings. The van der Waals surface area contributed by atoms with Gasteiger partial charge in [-0.15, -0.1) is 0 Å². The minimum atomic E-state index is -1.33. The van der Waals surface area contributed by atoms with Crippen molar-refractivity contribution >= 4 is 5.78 Å². The number of aliphatic hydroxyl groups is 1. The Balaban J connectivity index is 1.75. The van der Waals surface area contributed by atoms with Crippen LogP contribution in [0, 0.1) is 5.41 Å². The summed E-state index contributed by atoms with van der Waals surface area (Å²) in [5, 5.41) is 11.1.